The predicted octanol–water partition coefficient (Wildman–Crippen LogP) is 2.14. The molecule has 2 aromatic rings. The van der Waals surface area contributed by atoms with Crippen LogP contribution in [0.25, 0.3) is 0 Å². The van der Waals surface area contributed by atoms with Gasteiger partial charge in [-0.3, -0.25) is 9.59 Å². The molecule has 6 nitrogen and oxygen atoms in total. The summed E-state index contributed by atoms with van der Waals surface area (Å²) in [4.78, 5) is 23.1. The van der Waals surface area contributed by atoms with Crippen LogP contribution in [0.2, 0.25) is 10.0 Å². The van der Waals surface area contributed by atoms with E-state index in [2.05, 4.69) is 10.4 Å². The van der Waals surface area contributed by atoms with Gasteiger partial charge in [-0.1, -0.05) is 23.2 Å². The molecule has 2 rings (SSSR count). The number of hydrogen-bond donors (Lipinski definition) is 1. The number of benzene rings is 1. The molecule has 0 unspecified atom stereocenters. The summed E-state index contributed by atoms with van der Waals surface area (Å²) in [5, 5.41) is 7.47. The Bertz CT molecular complexity index is 734. The van der Waals surface area contributed by atoms with E-state index in [1.165, 1.54) is 10.7 Å². The lowest BCUT2D eigenvalue weighted by atomic mass is 10.3. The fraction of sp³-hybridized carbons (Fsp3) is 0.267. The average molecular weight is 356 g/mol. The highest BCUT2D eigenvalue weighted by Gasteiger charge is 2.06. The quantitative estimate of drug-likeness (QED) is 0.772. The van der Waals surface area contributed by atoms with E-state index < -0.39 is 0 Å². The molecule has 0 radical (unpaired) electrons. The molecule has 1 N–H and O–H groups in total. The Hall–Kier alpha value is -2.05. The van der Waals surface area contributed by atoms with Gasteiger partial charge < -0.3 is 10.1 Å². The van der Waals surface area contributed by atoms with Crippen molar-refractivity contribution in [1.29, 1.82) is 0 Å². The summed E-state index contributed by atoms with van der Waals surface area (Å²) < 4.78 is 6.66. The molecular formula is C15H15Cl2N3O3. The summed E-state index contributed by atoms with van der Waals surface area (Å²) in [7, 11) is 0. The van der Waals surface area contributed by atoms with Crippen LogP contribution in [-0.4, -0.2) is 28.8 Å². The number of ether oxygens (including phenoxy) is 1. The lowest BCUT2D eigenvalue weighted by molar-refractivity contribution is -0.123. The summed E-state index contributed by atoms with van der Waals surface area (Å²) in [6, 6.07) is 7.80. The molecule has 23 heavy (non-hydrogen) atoms. The van der Waals surface area contributed by atoms with Crippen molar-refractivity contribution in [2.24, 2.45) is 0 Å². The molecule has 1 heterocycles. The molecule has 0 saturated heterocycles. The van der Waals surface area contributed by atoms with Gasteiger partial charge in [-0.05, 0) is 30.7 Å². The van der Waals surface area contributed by atoms with Crippen molar-refractivity contribution in [2.45, 2.75) is 13.0 Å². The Labute approximate surface area is 143 Å². The molecule has 0 atom stereocenters. The van der Waals surface area contributed by atoms with E-state index in [0.29, 0.717) is 35.3 Å². The molecule has 0 aliphatic rings. The Balaban J connectivity index is 1.69. The summed E-state index contributed by atoms with van der Waals surface area (Å²) in [6.45, 7) is 0.703. The van der Waals surface area contributed by atoms with Gasteiger partial charge >= 0.3 is 0 Å². The lowest BCUT2D eigenvalue weighted by Gasteiger charge is -2.09. The van der Waals surface area contributed by atoms with Crippen LogP contribution in [0.3, 0.4) is 0 Å². The van der Waals surface area contributed by atoms with Crippen LogP contribution in [0.1, 0.15) is 6.42 Å². The Kier molecular flexibility index (Phi) is 6.43. The third kappa shape index (κ3) is 5.58. The minimum absolute atomic E-state index is 0.148. The van der Waals surface area contributed by atoms with Crippen molar-refractivity contribution in [1.82, 2.24) is 15.1 Å². The molecule has 0 aliphatic carbocycles. The summed E-state index contributed by atoms with van der Waals surface area (Å²) in [5.74, 6) is 0.121. The highest BCUT2D eigenvalue weighted by Crippen LogP contribution is 2.27. The van der Waals surface area contributed by atoms with Crippen molar-refractivity contribution < 1.29 is 9.53 Å². The first-order valence-electron chi connectivity index (χ1n) is 6.93. The highest BCUT2D eigenvalue weighted by atomic mass is 35.5. The van der Waals surface area contributed by atoms with E-state index >= 15 is 0 Å². The largest absolute Gasteiger partial charge is 0.482 e. The van der Waals surface area contributed by atoms with Gasteiger partial charge in [0, 0.05) is 30.4 Å². The first-order valence-corrected chi connectivity index (χ1v) is 7.68. The summed E-state index contributed by atoms with van der Waals surface area (Å²) in [6.07, 6.45) is 2.13. The number of halogens is 2. The van der Waals surface area contributed by atoms with Crippen molar-refractivity contribution >= 4 is 29.1 Å². The predicted molar refractivity (Wildman–Crippen MR) is 88.1 cm³/mol. The zero-order chi connectivity index (χ0) is 16.7. The molecule has 1 aromatic heterocycles. The fourth-order valence-electron chi connectivity index (χ4n) is 1.80. The second kappa shape index (κ2) is 8.55. The van der Waals surface area contributed by atoms with Gasteiger partial charge in [-0.25, -0.2) is 4.68 Å². The SMILES string of the molecule is O=C(COc1ccc(Cl)cc1Cl)NCCCn1ncccc1=O. The second-order valence-electron chi connectivity index (χ2n) is 4.65. The Morgan fingerprint density at radius 1 is 1.30 bits per heavy atom. The van der Waals surface area contributed by atoms with E-state index in [0.717, 1.165) is 0 Å². The number of aromatic nitrogens is 2. The number of aryl methyl sites for hydroxylation is 1. The van der Waals surface area contributed by atoms with Crippen molar-refractivity contribution in [2.75, 3.05) is 13.2 Å². The third-order valence-corrected chi connectivity index (χ3v) is 3.44. The Morgan fingerprint density at radius 2 is 2.13 bits per heavy atom. The normalized spacial score (nSPS) is 10.3. The molecule has 0 saturated carbocycles. The van der Waals surface area contributed by atoms with Crippen molar-refractivity contribution in [3.8, 4) is 5.75 Å². The minimum atomic E-state index is -0.274. The summed E-state index contributed by atoms with van der Waals surface area (Å²) in [5.41, 5.74) is -0.167. The number of nitrogens with one attached hydrogen (secondary N) is 1. The number of carbonyl (C=O) groups excluding carboxylic acids is 1. The number of rotatable bonds is 7. The van der Waals surface area contributed by atoms with Gasteiger partial charge in [-0.15, -0.1) is 0 Å². The average Bonchev–Trinajstić information content (AvgIpc) is 2.52. The molecule has 122 valence electrons. The van der Waals surface area contributed by atoms with Gasteiger partial charge in [0.1, 0.15) is 5.75 Å². The van der Waals surface area contributed by atoms with Crippen molar-refractivity contribution in [3.05, 3.63) is 56.9 Å². The first kappa shape index (κ1) is 17.3. The van der Waals surface area contributed by atoms with E-state index in [-0.39, 0.29) is 18.1 Å². The van der Waals surface area contributed by atoms with Gasteiger partial charge in [0.05, 0.1) is 5.02 Å². The molecular weight excluding hydrogens is 341 g/mol. The van der Waals surface area contributed by atoms with E-state index in [4.69, 9.17) is 27.9 Å². The van der Waals surface area contributed by atoms with Crippen molar-refractivity contribution in [3.63, 3.8) is 0 Å². The van der Waals surface area contributed by atoms with Crippen LogP contribution in [-0.2, 0) is 11.3 Å². The Morgan fingerprint density at radius 3 is 2.87 bits per heavy atom. The van der Waals surface area contributed by atoms with Gasteiger partial charge in [0.15, 0.2) is 6.61 Å². The van der Waals surface area contributed by atoms with Crippen LogP contribution in [0.5, 0.6) is 5.75 Å². The molecule has 1 amide bonds. The van der Waals surface area contributed by atoms with E-state index in [1.807, 2.05) is 0 Å². The van der Waals surface area contributed by atoms with Crippen LogP contribution in [0, 0.1) is 0 Å². The second-order valence-corrected chi connectivity index (χ2v) is 5.50. The van der Waals surface area contributed by atoms with Crippen LogP contribution in [0.15, 0.2) is 41.3 Å². The van der Waals surface area contributed by atoms with Crippen LogP contribution in [0.4, 0.5) is 0 Å². The fourth-order valence-corrected chi connectivity index (χ4v) is 2.26. The number of nitrogens with zero attached hydrogens (tertiary/aromatic N) is 2. The van der Waals surface area contributed by atoms with Crippen LogP contribution >= 0.6 is 23.2 Å². The molecule has 0 bridgehead atoms. The number of carbonyl (C=O) groups is 1. The molecule has 0 aliphatic heterocycles. The van der Waals surface area contributed by atoms with E-state index in [9.17, 15) is 9.59 Å². The van der Waals surface area contributed by atoms with E-state index in [1.54, 1.807) is 30.5 Å². The summed E-state index contributed by atoms with van der Waals surface area (Å²) >= 11 is 11.7. The zero-order valence-electron chi connectivity index (χ0n) is 12.2. The maximum Gasteiger partial charge on any atom is 0.266 e. The molecule has 1 aromatic carbocycles. The number of hydrogen-bond acceptors (Lipinski definition) is 4. The van der Waals surface area contributed by atoms with Gasteiger partial charge in [0.25, 0.3) is 11.5 Å². The molecule has 8 heteroatoms. The van der Waals surface area contributed by atoms with Gasteiger partial charge in [0.2, 0.25) is 0 Å². The first-order chi connectivity index (χ1) is 11.1. The maximum absolute atomic E-state index is 11.7. The minimum Gasteiger partial charge on any atom is -0.482 e. The zero-order valence-corrected chi connectivity index (χ0v) is 13.7. The standard InChI is InChI=1S/C15H15Cl2N3O3/c16-11-4-5-13(12(17)9-11)23-10-14(21)18-6-2-8-20-15(22)3-1-7-19-20/h1,3-5,7,9H,2,6,8,10H2,(H,18,21). The molecule has 0 fully saturated rings. The number of amides is 1. The third-order valence-electron chi connectivity index (χ3n) is 2.91. The maximum atomic E-state index is 11.7. The van der Waals surface area contributed by atoms with Gasteiger partial charge in [-0.2, -0.15) is 5.10 Å². The molecule has 0 spiro atoms. The monoisotopic (exact) mass is 355 g/mol. The van der Waals surface area contributed by atoms with Crippen LogP contribution < -0.4 is 15.6 Å². The highest BCUT2D eigenvalue weighted by molar-refractivity contribution is 6.35. The smallest absolute Gasteiger partial charge is 0.266 e. The lowest BCUT2D eigenvalue weighted by Crippen LogP contribution is -2.31. The topological polar surface area (TPSA) is 73.2 Å².